The van der Waals surface area contributed by atoms with Gasteiger partial charge in [-0.05, 0) is 44.2 Å². The number of benzene rings is 2. The molecule has 0 aliphatic rings. The van der Waals surface area contributed by atoms with E-state index in [4.69, 9.17) is 21.1 Å². The lowest BCUT2D eigenvalue weighted by molar-refractivity contribution is -0.122. The number of amides is 1. The van der Waals surface area contributed by atoms with Crippen LogP contribution in [0.1, 0.15) is 24.2 Å². The number of carbonyl (C=O) groups excluding carboxylic acids is 2. The molecule has 0 bridgehead atoms. The van der Waals surface area contributed by atoms with Crippen molar-refractivity contribution in [1.82, 2.24) is 0 Å². The predicted molar refractivity (Wildman–Crippen MR) is 92.6 cm³/mol. The second-order valence-corrected chi connectivity index (χ2v) is 5.39. The van der Waals surface area contributed by atoms with Crippen LogP contribution in [0.25, 0.3) is 0 Å². The normalized spacial score (nSPS) is 11.5. The van der Waals surface area contributed by atoms with Crippen LogP contribution in [0, 0.1) is 0 Å². The molecule has 0 unspecified atom stereocenters. The number of halogens is 1. The smallest absolute Gasteiger partial charge is 0.338 e. The van der Waals surface area contributed by atoms with E-state index >= 15 is 0 Å². The van der Waals surface area contributed by atoms with Crippen molar-refractivity contribution in [1.29, 1.82) is 0 Å². The van der Waals surface area contributed by atoms with Crippen molar-refractivity contribution in [3.05, 3.63) is 59.1 Å². The quantitative estimate of drug-likeness (QED) is 0.804. The van der Waals surface area contributed by atoms with Crippen LogP contribution in [0.4, 0.5) is 5.69 Å². The molecule has 0 aliphatic heterocycles. The summed E-state index contributed by atoms with van der Waals surface area (Å²) in [5.74, 6) is -0.355. The number of hydrogen-bond donors (Lipinski definition) is 1. The van der Waals surface area contributed by atoms with Crippen LogP contribution >= 0.6 is 11.6 Å². The molecule has 126 valence electrons. The molecule has 6 heteroatoms. The number of hydrogen-bond acceptors (Lipinski definition) is 4. The number of esters is 1. The van der Waals surface area contributed by atoms with Gasteiger partial charge in [-0.3, -0.25) is 4.79 Å². The minimum Gasteiger partial charge on any atom is -0.479 e. The molecular formula is C18H18ClNO4. The van der Waals surface area contributed by atoms with E-state index in [-0.39, 0.29) is 12.5 Å². The fraction of sp³-hybridized carbons (Fsp3) is 0.222. The average Bonchev–Trinajstić information content (AvgIpc) is 2.57. The van der Waals surface area contributed by atoms with Gasteiger partial charge in [0.2, 0.25) is 0 Å². The molecular weight excluding hydrogens is 330 g/mol. The first-order valence-electron chi connectivity index (χ1n) is 7.50. The molecule has 1 atom stereocenters. The molecule has 0 aromatic heterocycles. The highest BCUT2D eigenvalue weighted by molar-refractivity contribution is 6.32. The van der Waals surface area contributed by atoms with Crippen molar-refractivity contribution in [3.8, 4) is 5.75 Å². The zero-order chi connectivity index (χ0) is 17.5. The summed E-state index contributed by atoms with van der Waals surface area (Å²) in [4.78, 5) is 24.0. The summed E-state index contributed by atoms with van der Waals surface area (Å²) >= 11 is 6.01. The van der Waals surface area contributed by atoms with Crippen LogP contribution in [-0.4, -0.2) is 24.6 Å². The summed E-state index contributed by atoms with van der Waals surface area (Å²) in [5, 5.41) is 3.14. The van der Waals surface area contributed by atoms with Crippen LogP contribution in [0.3, 0.4) is 0 Å². The largest absolute Gasteiger partial charge is 0.479 e. The molecule has 0 saturated carbocycles. The molecule has 0 heterocycles. The Morgan fingerprint density at radius 2 is 1.92 bits per heavy atom. The number of rotatable bonds is 6. The first-order chi connectivity index (χ1) is 11.5. The van der Waals surface area contributed by atoms with Gasteiger partial charge in [0.15, 0.2) is 6.10 Å². The van der Waals surface area contributed by atoms with Crippen LogP contribution in [-0.2, 0) is 9.53 Å². The molecule has 0 aliphatic carbocycles. The van der Waals surface area contributed by atoms with Crippen molar-refractivity contribution in [2.24, 2.45) is 0 Å². The van der Waals surface area contributed by atoms with Gasteiger partial charge >= 0.3 is 5.97 Å². The van der Waals surface area contributed by atoms with E-state index in [0.717, 1.165) is 0 Å². The maximum absolute atomic E-state index is 12.2. The summed E-state index contributed by atoms with van der Waals surface area (Å²) in [7, 11) is 0. The summed E-state index contributed by atoms with van der Waals surface area (Å²) in [5.41, 5.74) is 0.856. The molecule has 0 fully saturated rings. The topological polar surface area (TPSA) is 64.6 Å². The predicted octanol–water partition coefficient (Wildman–Crippen LogP) is 3.92. The van der Waals surface area contributed by atoms with Gasteiger partial charge in [-0.15, -0.1) is 0 Å². The third kappa shape index (κ3) is 4.73. The SMILES string of the molecule is CCOC(=O)c1cccc(NC(=O)[C@@H](C)Oc2ccccc2Cl)c1. The zero-order valence-corrected chi connectivity index (χ0v) is 14.2. The molecule has 5 nitrogen and oxygen atoms in total. The minimum atomic E-state index is -0.754. The molecule has 1 amide bonds. The number of nitrogens with one attached hydrogen (secondary N) is 1. The van der Waals surface area contributed by atoms with Crippen LogP contribution in [0.15, 0.2) is 48.5 Å². The van der Waals surface area contributed by atoms with Gasteiger partial charge in [0.25, 0.3) is 5.91 Å². The second kappa shape index (κ2) is 8.36. The van der Waals surface area contributed by atoms with Gasteiger partial charge in [0, 0.05) is 5.69 Å². The first-order valence-corrected chi connectivity index (χ1v) is 7.88. The van der Waals surface area contributed by atoms with E-state index in [1.54, 1.807) is 62.4 Å². The van der Waals surface area contributed by atoms with Crippen molar-refractivity contribution in [2.45, 2.75) is 20.0 Å². The van der Waals surface area contributed by atoms with E-state index in [0.29, 0.717) is 22.0 Å². The highest BCUT2D eigenvalue weighted by atomic mass is 35.5. The number of carbonyl (C=O) groups is 2. The number of ether oxygens (including phenoxy) is 2. The Morgan fingerprint density at radius 3 is 2.62 bits per heavy atom. The van der Waals surface area contributed by atoms with E-state index in [2.05, 4.69) is 5.32 Å². The third-order valence-corrected chi connectivity index (χ3v) is 3.46. The minimum absolute atomic E-state index is 0.290. The second-order valence-electron chi connectivity index (χ2n) is 4.98. The Labute approximate surface area is 145 Å². The van der Waals surface area contributed by atoms with Crippen molar-refractivity contribution in [2.75, 3.05) is 11.9 Å². The highest BCUT2D eigenvalue weighted by Crippen LogP contribution is 2.24. The first kappa shape index (κ1) is 17.8. The molecule has 2 aromatic carbocycles. The van der Waals surface area contributed by atoms with E-state index in [9.17, 15) is 9.59 Å². The fourth-order valence-corrected chi connectivity index (χ4v) is 2.15. The lowest BCUT2D eigenvalue weighted by atomic mass is 10.2. The molecule has 0 spiro atoms. The van der Waals surface area contributed by atoms with E-state index in [1.165, 1.54) is 0 Å². The Balaban J connectivity index is 2.02. The zero-order valence-electron chi connectivity index (χ0n) is 13.4. The van der Waals surface area contributed by atoms with Gasteiger partial charge in [0.05, 0.1) is 17.2 Å². The van der Waals surface area contributed by atoms with Crippen LogP contribution in [0.2, 0.25) is 5.02 Å². The van der Waals surface area contributed by atoms with Gasteiger partial charge < -0.3 is 14.8 Å². The summed E-state index contributed by atoms with van der Waals surface area (Å²) in [6.07, 6.45) is -0.754. The summed E-state index contributed by atoms with van der Waals surface area (Å²) < 4.78 is 10.5. The van der Waals surface area contributed by atoms with Gasteiger partial charge in [-0.1, -0.05) is 29.8 Å². The van der Waals surface area contributed by atoms with Crippen molar-refractivity contribution in [3.63, 3.8) is 0 Å². The Bertz CT molecular complexity index is 732. The van der Waals surface area contributed by atoms with Crippen LogP contribution in [0.5, 0.6) is 5.75 Å². The van der Waals surface area contributed by atoms with Gasteiger partial charge in [-0.25, -0.2) is 4.79 Å². The maximum Gasteiger partial charge on any atom is 0.338 e. The van der Waals surface area contributed by atoms with Crippen molar-refractivity contribution >= 4 is 29.2 Å². The average molecular weight is 348 g/mol. The lowest BCUT2D eigenvalue weighted by Gasteiger charge is -2.15. The molecule has 1 N–H and O–H groups in total. The fourth-order valence-electron chi connectivity index (χ4n) is 1.97. The monoisotopic (exact) mass is 347 g/mol. The molecule has 0 radical (unpaired) electrons. The van der Waals surface area contributed by atoms with Gasteiger partial charge in [-0.2, -0.15) is 0 Å². The molecule has 2 rings (SSSR count). The standard InChI is InChI=1S/C18H18ClNO4/c1-3-23-18(22)13-7-6-8-14(11-13)20-17(21)12(2)24-16-10-5-4-9-15(16)19/h4-12H,3H2,1-2H3,(H,20,21)/t12-/m1/s1. The van der Waals surface area contributed by atoms with Crippen molar-refractivity contribution < 1.29 is 19.1 Å². The Morgan fingerprint density at radius 1 is 1.17 bits per heavy atom. The maximum atomic E-state index is 12.2. The molecule has 2 aromatic rings. The highest BCUT2D eigenvalue weighted by Gasteiger charge is 2.17. The van der Waals surface area contributed by atoms with E-state index in [1.807, 2.05) is 0 Å². The van der Waals surface area contributed by atoms with Gasteiger partial charge in [0.1, 0.15) is 5.75 Å². The number of para-hydroxylation sites is 1. The lowest BCUT2D eigenvalue weighted by Crippen LogP contribution is -2.30. The van der Waals surface area contributed by atoms with E-state index < -0.39 is 12.1 Å². The molecule has 0 saturated heterocycles. The Kier molecular flexibility index (Phi) is 6.21. The summed E-state index contributed by atoms with van der Waals surface area (Å²) in [6.45, 7) is 3.64. The Hall–Kier alpha value is -2.53. The summed E-state index contributed by atoms with van der Waals surface area (Å²) in [6, 6.07) is 13.5. The molecule has 24 heavy (non-hydrogen) atoms. The van der Waals surface area contributed by atoms with Crippen LogP contribution < -0.4 is 10.1 Å². The third-order valence-electron chi connectivity index (χ3n) is 3.15. The number of anilines is 1.